The van der Waals surface area contributed by atoms with Gasteiger partial charge in [0.15, 0.2) is 0 Å². The Morgan fingerprint density at radius 1 is 1.57 bits per heavy atom. The van der Waals surface area contributed by atoms with Crippen molar-refractivity contribution in [2.24, 2.45) is 0 Å². The van der Waals surface area contributed by atoms with E-state index in [2.05, 4.69) is 11.9 Å². The quantitative estimate of drug-likeness (QED) is 0.847. The van der Waals surface area contributed by atoms with Gasteiger partial charge in [0.1, 0.15) is 5.82 Å². The van der Waals surface area contributed by atoms with Gasteiger partial charge in [0.2, 0.25) is 0 Å². The average Bonchev–Trinajstić information content (AvgIpc) is 2.82. The summed E-state index contributed by atoms with van der Waals surface area (Å²) in [5, 5.41) is 8.58. The zero-order valence-electron chi connectivity index (χ0n) is 12.4. The second-order valence-corrected chi connectivity index (χ2v) is 5.54. The molecule has 1 aromatic carbocycles. The summed E-state index contributed by atoms with van der Waals surface area (Å²) in [6.45, 7) is 1.89. The van der Waals surface area contributed by atoms with Crippen LogP contribution in [0.25, 0.3) is 6.08 Å². The molecule has 0 spiro atoms. The molecule has 4 nitrogen and oxygen atoms in total. The molecule has 0 radical (unpaired) electrons. The lowest BCUT2D eigenvalue weighted by molar-refractivity contribution is -0.131. The van der Waals surface area contributed by atoms with Crippen molar-refractivity contribution in [2.45, 2.75) is 18.9 Å². The number of carboxylic acids is 1. The number of nitrogens with zero attached hydrogens (tertiary/aromatic N) is 2. The molecule has 0 aromatic heterocycles. The number of likely N-dealkylation sites (tertiary alicyclic amines) is 1. The van der Waals surface area contributed by atoms with Gasteiger partial charge < -0.3 is 14.9 Å². The van der Waals surface area contributed by atoms with Crippen molar-refractivity contribution >= 4 is 17.7 Å². The largest absolute Gasteiger partial charge is 0.478 e. The van der Waals surface area contributed by atoms with E-state index in [0.717, 1.165) is 25.6 Å². The highest BCUT2D eigenvalue weighted by Crippen LogP contribution is 2.23. The Bertz CT molecular complexity index is 545. The second kappa shape index (κ2) is 6.72. The number of carboxylic acid groups (broad SMARTS) is 1. The van der Waals surface area contributed by atoms with E-state index in [1.807, 2.05) is 11.9 Å². The fourth-order valence-electron chi connectivity index (χ4n) is 2.73. The van der Waals surface area contributed by atoms with Crippen LogP contribution in [0.15, 0.2) is 24.3 Å². The van der Waals surface area contributed by atoms with E-state index in [1.165, 1.54) is 18.6 Å². The lowest BCUT2D eigenvalue weighted by atomic mass is 10.1. The van der Waals surface area contributed by atoms with Crippen LogP contribution in [0.4, 0.5) is 10.1 Å². The Hall–Kier alpha value is -1.88. The highest BCUT2D eigenvalue weighted by Gasteiger charge is 2.23. The van der Waals surface area contributed by atoms with Gasteiger partial charge in [-0.1, -0.05) is 6.07 Å². The fourth-order valence-corrected chi connectivity index (χ4v) is 2.73. The van der Waals surface area contributed by atoms with Crippen LogP contribution in [-0.2, 0) is 4.79 Å². The number of carbonyl (C=O) groups is 1. The number of hydrogen-bond donors (Lipinski definition) is 1. The van der Waals surface area contributed by atoms with Crippen molar-refractivity contribution in [1.82, 2.24) is 4.90 Å². The van der Waals surface area contributed by atoms with E-state index >= 15 is 0 Å². The Balaban J connectivity index is 2.07. The summed E-state index contributed by atoms with van der Waals surface area (Å²) >= 11 is 0. The van der Waals surface area contributed by atoms with Gasteiger partial charge >= 0.3 is 5.97 Å². The maximum absolute atomic E-state index is 14.2. The van der Waals surface area contributed by atoms with Crippen molar-refractivity contribution in [3.05, 3.63) is 35.7 Å². The first kappa shape index (κ1) is 15.5. The molecule has 0 amide bonds. The zero-order chi connectivity index (χ0) is 15.4. The van der Waals surface area contributed by atoms with Crippen LogP contribution in [0.2, 0.25) is 0 Å². The minimum absolute atomic E-state index is 0.328. The molecular formula is C16H21FN2O2. The Morgan fingerprint density at radius 3 is 2.90 bits per heavy atom. The first-order valence-electron chi connectivity index (χ1n) is 7.09. The monoisotopic (exact) mass is 292 g/mol. The smallest absolute Gasteiger partial charge is 0.328 e. The van der Waals surface area contributed by atoms with Crippen LogP contribution in [0.3, 0.4) is 0 Å². The lowest BCUT2D eigenvalue weighted by Crippen LogP contribution is -2.36. The van der Waals surface area contributed by atoms with E-state index in [9.17, 15) is 9.18 Å². The molecule has 1 aliphatic heterocycles. The Morgan fingerprint density at radius 2 is 2.33 bits per heavy atom. The fraction of sp³-hybridized carbons (Fsp3) is 0.438. The van der Waals surface area contributed by atoms with E-state index in [-0.39, 0.29) is 5.82 Å². The SMILES string of the molecule is CN(CC1CCCN1C)c1ccc(C=CC(=O)O)cc1F. The van der Waals surface area contributed by atoms with Gasteiger partial charge in [0, 0.05) is 25.7 Å². The van der Waals surface area contributed by atoms with Gasteiger partial charge in [-0.15, -0.1) is 0 Å². The molecule has 21 heavy (non-hydrogen) atoms. The Kier molecular flexibility index (Phi) is 4.96. The molecule has 5 heteroatoms. The van der Waals surface area contributed by atoms with Crippen LogP contribution in [0.1, 0.15) is 18.4 Å². The molecule has 1 N–H and O–H groups in total. The molecule has 0 aliphatic carbocycles. The molecule has 0 bridgehead atoms. The second-order valence-electron chi connectivity index (χ2n) is 5.54. The molecule has 1 fully saturated rings. The Labute approximate surface area is 124 Å². The standard InChI is InChI=1S/C16H21FN2O2/c1-18-9-3-4-13(18)11-19(2)15-7-5-12(10-14(15)17)6-8-16(20)21/h5-8,10,13H,3-4,9,11H2,1-2H3,(H,20,21). The molecule has 1 unspecified atom stereocenters. The highest BCUT2D eigenvalue weighted by atomic mass is 19.1. The van der Waals surface area contributed by atoms with Crippen LogP contribution in [-0.4, -0.2) is 49.2 Å². The maximum Gasteiger partial charge on any atom is 0.328 e. The molecule has 114 valence electrons. The van der Waals surface area contributed by atoms with Crippen molar-refractivity contribution in [3.8, 4) is 0 Å². The number of benzene rings is 1. The maximum atomic E-state index is 14.2. The summed E-state index contributed by atoms with van der Waals surface area (Å²) in [6, 6.07) is 5.25. The molecule has 1 aromatic rings. The summed E-state index contributed by atoms with van der Waals surface area (Å²) < 4.78 is 14.2. The lowest BCUT2D eigenvalue weighted by Gasteiger charge is -2.27. The van der Waals surface area contributed by atoms with E-state index in [0.29, 0.717) is 17.3 Å². The van der Waals surface area contributed by atoms with Gasteiger partial charge in [-0.2, -0.15) is 0 Å². The third-order valence-electron chi connectivity index (χ3n) is 3.96. The third-order valence-corrected chi connectivity index (χ3v) is 3.96. The number of halogens is 1. The molecular weight excluding hydrogens is 271 g/mol. The molecule has 2 rings (SSSR count). The van der Waals surface area contributed by atoms with E-state index < -0.39 is 5.97 Å². The molecule has 1 heterocycles. The van der Waals surface area contributed by atoms with Gasteiger partial charge in [-0.05, 0) is 50.2 Å². The molecule has 0 saturated carbocycles. The van der Waals surface area contributed by atoms with Gasteiger partial charge in [-0.3, -0.25) is 0 Å². The zero-order valence-corrected chi connectivity index (χ0v) is 12.4. The first-order chi connectivity index (χ1) is 9.97. The average molecular weight is 292 g/mol. The number of likely N-dealkylation sites (N-methyl/N-ethyl adjacent to an activating group) is 2. The topological polar surface area (TPSA) is 43.8 Å². The van der Waals surface area contributed by atoms with Gasteiger partial charge in [-0.25, -0.2) is 9.18 Å². The normalized spacial score (nSPS) is 19.3. The van der Waals surface area contributed by atoms with E-state index in [1.54, 1.807) is 12.1 Å². The van der Waals surface area contributed by atoms with Gasteiger partial charge in [0.05, 0.1) is 5.69 Å². The summed E-state index contributed by atoms with van der Waals surface area (Å²) in [7, 11) is 3.99. The highest BCUT2D eigenvalue weighted by molar-refractivity contribution is 5.85. The van der Waals surface area contributed by atoms with Crippen molar-refractivity contribution < 1.29 is 14.3 Å². The number of hydrogen-bond acceptors (Lipinski definition) is 3. The minimum atomic E-state index is -1.04. The van der Waals surface area contributed by atoms with Crippen molar-refractivity contribution in [1.29, 1.82) is 0 Å². The molecule has 1 aliphatic rings. The van der Waals surface area contributed by atoms with Crippen LogP contribution >= 0.6 is 0 Å². The van der Waals surface area contributed by atoms with Crippen molar-refractivity contribution in [3.63, 3.8) is 0 Å². The molecule has 1 saturated heterocycles. The summed E-state index contributed by atoms with van der Waals surface area (Å²) in [4.78, 5) is 14.7. The summed E-state index contributed by atoms with van der Waals surface area (Å²) in [5.41, 5.74) is 1.09. The van der Waals surface area contributed by atoms with E-state index in [4.69, 9.17) is 5.11 Å². The summed E-state index contributed by atoms with van der Waals surface area (Å²) in [6.07, 6.45) is 4.73. The van der Waals surface area contributed by atoms with Crippen LogP contribution < -0.4 is 4.90 Å². The third kappa shape index (κ3) is 4.04. The van der Waals surface area contributed by atoms with Crippen LogP contribution in [0, 0.1) is 5.82 Å². The number of rotatable bonds is 5. The predicted molar refractivity (Wildman–Crippen MR) is 82.0 cm³/mol. The number of anilines is 1. The minimum Gasteiger partial charge on any atom is -0.478 e. The molecule has 1 atom stereocenters. The number of aliphatic carboxylic acids is 1. The summed E-state index contributed by atoms with van der Waals surface area (Å²) in [5.74, 6) is -1.37. The van der Waals surface area contributed by atoms with Crippen molar-refractivity contribution in [2.75, 3.05) is 32.1 Å². The first-order valence-corrected chi connectivity index (χ1v) is 7.09. The predicted octanol–water partition coefficient (Wildman–Crippen LogP) is 2.45. The van der Waals surface area contributed by atoms with Crippen LogP contribution in [0.5, 0.6) is 0 Å². The van der Waals surface area contributed by atoms with Gasteiger partial charge in [0.25, 0.3) is 0 Å².